The van der Waals surface area contributed by atoms with Gasteiger partial charge in [0.1, 0.15) is 0 Å². The fourth-order valence-corrected chi connectivity index (χ4v) is 1.62. The van der Waals surface area contributed by atoms with Crippen molar-refractivity contribution in [1.29, 1.82) is 0 Å². The number of ether oxygens (including phenoxy) is 1. The highest BCUT2D eigenvalue weighted by atomic mass is 16.6. The van der Waals surface area contributed by atoms with Crippen molar-refractivity contribution in [2.24, 2.45) is 0 Å². The second-order valence-corrected chi connectivity index (χ2v) is 3.92. The highest BCUT2D eigenvalue weighted by Gasteiger charge is 2.21. The van der Waals surface area contributed by atoms with Crippen molar-refractivity contribution < 1.29 is 4.74 Å². The Labute approximate surface area is 79.7 Å². The van der Waals surface area contributed by atoms with Crippen LogP contribution in [0.4, 0.5) is 0 Å². The van der Waals surface area contributed by atoms with Crippen LogP contribution in [-0.4, -0.2) is 12.7 Å². The maximum Gasteiger partial charge on any atom is 0.0813 e. The molecule has 0 aromatic heterocycles. The average Bonchev–Trinajstić information content (AvgIpc) is 2.90. The molecule has 1 aromatic carbocycles. The van der Waals surface area contributed by atoms with Crippen LogP contribution in [0.5, 0.6) is 0 Å². The van der Waals surface area contributed by atoms with Gasteiger partial charge < -0.3 is 4.74 Å². The zero-order valence-corrected chi connectivity index (χ0v) is 8.34. The van der Waals surface area contributed by atoms with E-state index in [0.717, 1.165) is 13.0 Å². The molecule has 0 saturated carbocycles. The minimum absolute atomic E-state index is 0.555. The number of hydrogen-bond acceptors (Lipinski definition) is 1. The van der Waals surface area contributed by atoms with Crippen LogP contribution < -0.4 is 0 Å². The lowest BCUT2D eigenvalue weighted by molar-refractivity contribution is 0.396. The van der Waals surface area contributed by atoms with E-state index >= 15 is 0 Å². The van der Waals surface area contributed by atoms with Crippen LogP contribution in [0.1, 0.15) is 23.1 Å². The van der Waals surface area contributed by atoms with Gasteiger partial charge in [-0.3, -0.25) is 0 Å². The Hall–Kier alpha value is -0.820. The van der Waals surface area contributed by atoms with E-state index in [-0.39, 0.29) is 0 Å². The van der Waals surface area contributed by atoms with Gasteiger partial charge in [-0.15, -0.1) is 0 Å². The zero-order valence-electron chi connectivity index (χ0n) is 8.34. The van der Waals surface area contributed by atoms with E-state index in [4.69, 9.17) is 4.74 Å². The molecule has 1 unspecified atom stereocenters. The number of aryl methyl sites for hydroxylation is 3. The molecule has 70 valence electrons. The van der Waals surface area contributed by atoms with Gasteiger partial charge in [0, 0.05) is 0 Å². The second-order valence-electron chi connectivity index (χ2n) is 3.92. The molecule has 0 amide bonds. The Balaban J connectivity index is 2.03. The summed E-state index contributed by atoms with van der Waals surface area (Å²) >= 11 is 0. The van der Waals surface area contributed by atoms with Crippen LogP contribution in [0.3, 0.4) is 0 Å². The molecule has 0 aliphatic carbocycles. The molecule has 1 fully saturated rings. The summed E-state index contributed by atoms with van der Waals surface area (Å²) in [4.78, 5) is 0. The first-order valence-electron chi connectivity index (χ1n) is 4.93. The van der Waals surface area contributed by atoms with Gasteiger partial charge in [-0.2, -0.15) is 0 Å². The first-order valence-corrected chi connectivity index (χ1v) is 4.93. The lowest BCUT2D eigenvalue weighted by Crippen LogP contribution is -1.94. The van der Waals surface area contributed by atoms with Crippen LogP contribution in [0.25, 0.3) is 0 Å². The van der Waals surface area contributed by atoms with Gasteiger partial charge in [0.05, 0.1) is 12.7 Å². The summed E-state index contributed by atoms with van der Waals surface area (Å²) in [5.74, 6) is 0. The molecule has 1 heteroatoms. The van der Waals surface area contributed by atoms with Crippen molar-refractivity contribution in [2.45, 2.75) is 32.8 Å². The summed E-state index contributed by atoms with van der Waals surface area (Å²) in [7, 11) is 0. The lowest BCUT2D eigenvalue weighted by atomic mass is 10.0. The van der Waals surface area contributed by atoms with Gasteiger partial charge in [0.25, 0.3) is 0 Å². The molecule has 1 aliphatic rings. The monoisotopic (exact) mass is 176 g/mol. The zero-order chi connectivity index (χ0) is 9.26. The molecule has 1 atom stereocenters. The largest absolute Gasteiger partial charge is 0.373 e. The molecule has 1 nitrogen and oxygen atoms in total. The highest BCUT2D eigenvalue weighted by molar-refractivity contribution is 5.30. The fraction of sp³-hybridized carbons (Fsp3) is 0.500. The minimum Gasteiger partial charge on any atom is -0.373 e. The summed E-state index contributed by atoms with van der Waals surface area (Å²) in [5.41, 5.74) is 4.25. The van der Waals surface area contributed by atoms with E-state index in [0.29, 0.717) is 6.10 Å². The van der Waals surface area contributed by atoms with Crippen LogP contribution in [0.2, 0.25) is 0 Å². The second kappa shape index (κ2) is 3.51. The molecule has 13 heavy (non-hydrogen) atoms. The van der Waals surface area contributed by atoms with Crippen molar-refractivity contribution in [2.75, 3.05) is 6.61 Å². The van der Waals surface area contributed by atoms with Crippen LogP contribution >= 0.6 is 0 Å². The number of epoxide rings is 1. The Morgan fingerprint density at radius 1 is 1.38 bits per heavy atom. The predicted molar refractivity (Wildman–Crippen MR) is 54.0 cm³/mol. The lowest BCUT2D eigenvalue weighted by Gasteiger charge is -2.05. The third kappa shape index (κ3) is 2.31. The Morgan fingerprint density at radius 2 is 2.15 bits per heavy atom. The van der Waals surface area contributed by atoms with E-state index in [2.05, 4.69) is 32.0 Å². The molecule has 2 rings (SSSR count). The van der Waals surface area contributed by atoms with Crippen LogP contribution in [0.15, 0.2) is 18.2 Å². The predicted octanol–water partition coefficient (Wildman–Crippen LogP) is 2.63. The van der Waals surface area contributed by atoms with Gasteiger partial charge in [-0.05, 0) is 37.8 Å². The molecule has 0 spiro atoms. The molecule has 1 heterocycles. The smallest absolute Gasteiger partial charge is 0.0813 e. The van der Waals surface area contributed by atoms with E-state index < -0.39 is 0 Å². The Bertz CT molecular complexity index is 300. The summed E-state index contributed by atoms with van der Waals surface area (Å²) in [6.07, 6.45) is 2.91. The maximum absolute atomic E-state index is 5.20. The first kappa shape index (κ1) is 8.76. The van der Waals surface area contributed by atoms with E-state index in [9.17, 15) is 0 Å². The van der Waals surface area contributed by atoms with Gasteiger partial charge in [0.2, 0.25) is 0 Å². The molecule has 0 radical (unpaired) electrons. The van der Waals surface area contributed by atoms with Crippen molar-refractivity contribution in [3.63, 3.8) is 0 Å². The molecular formula is C12H16O. The van der Waals surface area contributed by atoms with Gasteiger partial charge in [-0.25, -0.2) is 0 Å². The van der Waals surface area contributed by atoms with Crippen LogP contribution in [-0.2, 0) is 11.2 Å². The molecule has 0 bridgehead atoms. The third-order valence-corrected chi connectivity index (χ3v) is 2.64. The third-order valence-electron chi connectivity index (χ3n) is 2.64. The quantitative estimate of drug-likeness (QED) is 0.645. The van der Waals surface area contributed by atoms with Crippen molar-refractivity contribution in [3.05, 3.63) is 34.9 Å². The van der Waals surface area contributed by atoms with Crippen LogP contribution in [0, 0.1) is 13.8 Å². The van der Waals surface area contributed by atoms with Crippen molar-refractivity contribution >= 4 is 0 Å². The topological polar surface area (TPSA) is 12.5 Å². The standard InChI is InChI=1S/C12H16O/c1-9-3-4-10(2)11(7-9)5-6-12-8-13-12/h3-4,7,12H,5-6,8H2,1-2H3. The summed E-state index contributed by atoms with van der Waals surface area (Å²) in [5, 5.41) is 0. The molecular weight excluding hydrogens is 160 g/mol. The van der Waals surface area contributed by atoms with Gasteiger partial charge in [0.15, 0.2) is 0 Å². The van der Waals surface area contributed by atoms with E-state index in [1.165, 1.54) is 23.1 Å². The summed E-state index contributed by atoms with van der Waals surface area (Å²) < 4.78 is 5.20. The Kier molecular flexibility index (Phi) is 2.36. The molecule has 0 N–H and O–H groups in total. The molecule has 1 aromatic rings. The molecule has 1 aliphatic heterocycles. The van der Waals surface area contributed by atoms with Gasteiger partial charge >= 0.3 is 0 Å². The van der Waals surface area contributed by atoms with Gasteiger partial charge in [-0.1, -0.05) is 23.8 Å². The minimum atomic E-state index is 0.555. The average molecular weight is 176 g/mol. The summed E-state index contributed by atoms with van der Waals surface area (Å²) in [6, 6.07) is 6.67. The number of benzene rings is 1. The van der Waals surface area contributed by atoms with Crippen molar-refractivity contribution in [3.8, 4) is 0 Å². The normalized spacial score (nSPS) is 20.3. The van der Waals surface area contributed by atoms with E-state index in [1.54, 1.807) is 0 Å². The highest BCUT2D eigenvalue weighted by Crippen LogP contribution is 2.19. The Morgan fingerprint density at radius 3 is 2.85 bits per heavy atom. The van der Waals surface area contributed by atoms with Crippen molar-refractivity contribution in [1.82, 2.24) is 0 Å². The maximum atomic E-state index is 5.20. The first-order chi connectivity index (χ1) is 6.25. The summed E-state index contributed by atoms with van der Waals surface area (Å²) in [6.45, 7) is 5.31. The van der Waals surface area contributed by atoms with E-state index in [1.807, 2.05) is 0 Å². The number of hydrogen-bond donors (Lipinski definition) is 0. The molecule has 1 saturated heterocycles. The SMILES string of the molecule is Cc1ccc(C)c(CCC2CO2)c1. The number of rotatable bonds is 3. The fourth-order valence-electron chi connectivity index (χ4n) is 1.62.